The number of nitrogens with zero attached hydrogens (tertiary/aromatic N) is 2. The maximum atomic E-state index is 9.85. The summed E-state index contributed by atoms with van der Waals surface area (Å²) in [6.07, 6.45) is 8.79. The second-order valence-electron chi connectivity index (χ2n) is 6.02. The van der Waals surface area contributed by atoms with E-state index in [2.05, 4.69) is 22.5 Å². The molecule has 2 rings (SSSR count). The molecule has 0 spiro atoms. The molecule has 0 heterocycles. The lowest BCUT2D eigenvalue weighted by Crippen LogP contribution is -2.15. The Balaban J connectivity index is 2.05. The molecule has 2 aromatic rings. The molecule has 0 aliphatic heterocycles. The molecule has 0 saturated carbocycles. The molecule has 0 radical (unpaired) electrons. The summed E-state index contributed by atoms with van der Waals surface area (Å²) >= 11 is 0. The fourth-order valence-corrected chi connectivity index (χ4v) is 2.98. The van der Waals surface area contributed by atoms with Gasteiger partial charge in [0.2, 0.25) is 0 Å². The van der Waals surface area contributed by atoms with Crippen molar-refractivity contribution in [2.24, 2.45) is 9.98 Å². The number of hydrogen-bond donors (Lipinski definition) is 2. The average Bonchev–Trinajstić information content (AvgIpc) is 2.59. The van der Waals surface area contributed by atoms with Gasteiger partial charge in [0.1, 0.15) is 17.3 Å². The van der Waals surface area contributed by atoms with Crippen molar-refractivity contribution in [2.75, 3.05) is 24.8 Å². The van der Waals surface area contributed by atoms with E-state index in [-0.39, 0.29) is 17.5 Å². The summed E-state index contributed by atoms with van der Waals surface area (Å²) in [4.78, 5) is 9.08. The third kappa shape index (κ3) is 6.63. The minimum Gasteiger partial charge on any atom is -0.507 e. The molecule has 0 saturated heterocycles. The van der Waals surface area contributed by atoms with Crippen molar-refractivity contribution in [3.05, 3.63) is 59.7 Å². The number of rotatable bonds is 8. The van der Waals surface area contributed by atoms with Crippen LogP contribution in [0.15, 0.2) is 58.5 Å². The zero-order valence-electron chi connectivity index (χ0n) is 14.7. The lowest BCUT2D eigenvalue weighted by Gasteiger charge is -2.09. The Kier molecular flexibility index (Phi) is 7.54. The Morgan fingerprint density at radius 3 is 2.04 bits per heavy atom. The summed E-state index contributed by atoms with van der Waals surface area (Å²) in [5, 5.41) is 19.6. The number of benzene rings is 2. The predicted octanol–water partition coefficient (Wildman–Crippen LogP) is 3.27. The van der Waals surface area contributed by atoms with E-state index < -0.39 is 0 Å². The van der Waals surface area contributed by atoms with Gasteiger partial charge in [-0.3, -0.25) is 9.98 Å². The lowest BCUT2D eigenvalue weighted by molar-refractivity contribution is 0.474. The highest BCUT2D eigenvalue weighted by Gasteiger charge is 2.11. The number of aliphatic imine (C=N–C) groups is 2. The molecule has 25 heavy (non-hydrogen) atoms. The molecule has 1 atom stereocenters. The first-order chi connectivity index (χ1) is 12.1. The number of phenols is 2. The molecule has 0 aromatic heterocycles. The van der Waals surface area contributed by atoms with E-state index in [0.717, 1.165) is 12.2 Å². The van der Waals surface area contributed by atoms with Crippen LogP contribution in [0.2, 0.25) is 0 Å². The first kappa shape index (κ1) is 19.1. The Bertz CT molecular complexity index is 729. The van der Waals surface area contributed by atoms with Gasteiger partial charge in [0, 0.05) is 30.0 Å². The summed E-state index contributed by atoms with van der Waals surface area (Å²) in [5.74, 6) is 1.55. The monoisotopic (exact) mass is 357 g/mol. The van der Waals surface area contributed by atoms with Gasteiger partial charge in [-0.15, -0.1) is 0 Å². The van der Waals surface area contributed by atoms with E-state index >= 15 is 0 Å². The smallest absolute Gasteiger partial charge is 0.124 e. The van der Waals surface area contributed by atoms with Crippen molar-refractivity contribution in [1.29, 1.82) is 0 Å². The van der Waals surface area contributed by atoms with Gasteiger partial charge in [0.05, 0.1) is 25.1 Å². The summed E-state index contributed by atoms with van der Waals surface area (Å²) in [7, 11) is 0.351. The lowest BCUT2D eigenvalue weighted by atomic mass is 10.2. The van der Waals surface area contributed by atoms with Crippen LogP contribution < -0.4 is 0 Å². The first-order valence-corrected chi connectivity index (χ1v) is 10.4. The highest BCUT2D eigenvalue weighted by atomic mass is 32.2. The molecule has 132 valence electrons. The van der Waals surface area contributed by atoms with Gasteiger partial charge in [0.25, 0.3) is 0 Å². The SMILES string of the molecule is C[S+](C)CC[C@H](CN=Cc1ccccc1O)N=Cc1ccccc1O. The van der Waals surface area contributed by atoms with Crippen molar-refractivity contribution in [1.82, 2.24) is 0 Å². The van der Waals surface area contributed by atoms with Crippen LogP contribution in [0.1, 0.15) is 17.5 Å². The van der Waals surface area contributed by atoms with Crippen LogP contribution in [0.5, 0.6) is 11.5 Å². The Labute approximate surface area is 152 Å². The number of para-hydroxylation sites is 2. The molecule has 0 amide bonds. The Morgan fingerprint density at radius 1 is 0.920 bits per heavy atom. The van der Waals surface area contributed by atoms with Crippen LogP contribution in [0.4, 0.5) is 0 Å². The quantitative estimate of drug-likeness (QED) is 0.562. The van der Waals surface area contributed by atoms with Crippen LogP contribution in [0.25, 0.3) is 0 Å². The van der Waals surface area contributed by atoms with Crippen molar-refractivity contribution in [2.45, 2.75) is 12.5 Å². The van der Waals surface area contributed by atoms with Crippen LogP contribution in [-0.4, -0.2) is 53.5 Å². The van der Waals surface area contributed by atoms with E-state index in [9.17, 15) is 10.2 Å². The van der Waals surface area contributed by atoms with E-state index in [1.54, 1.807) is 36.7 Å². The van der Waals surface area contributed by atoms with Crippen LogP contribution >= 0.6 is 0 Å². The second kappa shape index (κ2) is 9.89. The van der Waals surface area contributed by atoms with Gasteiger partial charge in [-0.1, -0.05) is 24.3 Å². The minimum atomic E-state index is 0.0524. The zero-order valence-corrected chi connectivity index (χ0v) is 15.5. The summed E-state index contributed by atoms with van der Waals surface area (Å²) in [6.45, 7) is 0.551. The maximum Gasteiger partial charge on any atom is 0.124 e. The summed E-state index contributed by atoms with van der Waals surface area (Å²) in [5.41, 5.74) is 1.42. The third-order valence-electron chi connectivity index (χ3n) is 3.70. The summed E-state index contributed by atoms with van der Waals surface area (Å²) < 4.78 is 0. The van der Waals surface area contributed by atoms with Gasteiger partial charge >= 0.3 is 0 Å². The van der Waals surface area contributed by atoms with Gasteiger partial charge in [-0.2, -0.15) is 0 Å². The van der Waals surface area contributed by atoms with E-state index in [0.29, 0.717) is 28.6 Å². The van der Waals surface area contributed by atoms with Crippen LogP contribution in [0, 0.1) is 0 Å². The molecule has 0 aliphatic carbocycles. The second-order valence-corrected chi connectivity index (χ2v) is 8.40. The largest absolute Gasteiger partial charge is 0.507 e. The first-order valence-electron chi connectivity index (χ1n) is 8.19. The van der Waals surface area contributed by atoms with Crippen molar-refractivity contribution in [3.8, 4) is 11.5 Å². The van der Waals surface area contributed by atoms with Crippen molar-refractivity contribution < 1.29 is 10.2 Å². The molecule has 0 unspecified atom stereocenters. The zero-order chi connectivity index (χ0) is 18.1. The highest BCUT2D eigenvalue weighted by Crippen LogP contribution is 2.15. The molecule has 2 aromatic carbocycles. The minimum absolute atomic E-state index is 0.0524. The molecule has 0 fully saturated rings. The Hall–Kier alpha value is -2.27. The van der Waals surface area contributed by atoms with E-state index in [1.807, 2.05) is 24.3 Å². The van der Waals surface area contributed by atoms with Crippen LogP contribution in [0.3, 0.4) is 0 Å². The molecule has 0 bridgehead atoms. The van der Waals surface area contributed by atoms with Gasteiger partial charge < -0.3 is 10.2 Å². The Morgan fingerprint density at radius 2 is 1.48 bits per heavy atom. The van der Waals surface area contributed by atoms with Gasteiger partial charge in [-0.05, 0) is 35.2 Å². The van der Waals surface area contributed by atoms with E-state index in [4.69, 9.17) is 0 Å². The average molecular weight is 357 g/mol. The highest BCUT2D eigenvalue weighted by molar-refractivity contribution is 7.95. The fourth-order valence-electron chi connectivity index (χ4n) is 2.24. The molecular formula is C20H25N2O2S+. The normalized spacial score (nSPS) is 13.1. The van der Waals surface area contributed by atoms with Gasteiger partial charge in [0.15, 0.2) is 0 Å². The van der Waals surface area contributed by atoms with Crippen LogP contribution in [-0.2, 0) is 10.9 Å². The van der Waals surface area contributed by atoms with E-state index in [1.165, 1.54) is 0 Å². The van der Waals surface area contributed by atoms with Gasteiger partial charge in [-0.25, -0.2) is 0 Å². The van der Waals surface area contributed by atoms with Crippen molar-refractivity contribution in [3.63, 3.8) is 0 Å². The number of phenolic OH excluding ortho intramolecular Hbond substituents is 2. The third-order valence-corrected chi connectivity index (χ3v) is 4.76. The topological polar surface area (TPSA) is 65.2 Å². The summed E-state index contributed by atoms with van der Waals surface area (Å²) in [6, 6.07) is 14.3. The number of aromatic hydroxyl groups is 2. The standard InChI is InChI=1S/C20H24N2O2S/c1-25(2)12-11-18(22-14-17-8-4-6-10-20(17)24)15-21-13-16-7-3-5-9-19(16)23/h3-10,13-14,18H,11-12,15H2,1-2H3,(H-,21,22,23,24)/p+1/t18-/m1/s1. The maximum absolute atomic E-state index is 9.85. The fraction of sp³-hybridized carbons (Fsp3) is 0.300. The molecule has 0 aliphatic rings. The molecule has 4 nitrogen and oxygen atoms in total. The molecule has 2 N–H and O–H groups in total. The predicted molar refractivity (Wildman–Crippen MR) is 109 cm³/mol. The molecular weight excluding hydrogens is 332 g/mol. The number of hydrogen-bond acceptors (Lipinski definition) is 4. The molecule has 5 heteroatoms. The van der Waals surface area contributed by atoms with Crippen molar-refractivity contribution >= 4 is 23.3 Å².